The second-order valence-corrected chi connectivity index (χ2v) is 10.3. The molecule has 0 unspecified atom stereocenters. The fourth-order valence-electron chi connectivity index (χ4n) is 4.00. The zero-order valence-electron chi connectivity index (χ0n) is 18.2. The molecule has 9 heteroatoms. The van der Waals surface area contributed by atoms with Crippen molar-refractivity contribution in [2.75, 3.05) is 24.5 Å². The molecule has 0 radical (unpaired) electrons. The van der Waals surface area contributed by atoms with Crippen molar-refractivity contribution in [2.24, 2.45) is 0 Å². The molecule has 7 nitrogen and oxygen atoms in total. The maximum atomic E-state index is 13.2. The van der Waals surface area contributed by atoms with Gasteiger partial charge in [0, 0.05) is 30.2 Å². The van der Waals surface area contributed by atoms with Crippen molar-refractivity contribution in [2.45, 2.75) is 17.7 Å². The highest BCUT2D eigenvalue weighted by atomic mass is 35.5. The van der Waals surface area contributed by atoms with Crippen LogP contribution in [-0.4, -0.2) is 49.3 Å². The third kappa shape index (κ3) is 5.14. The van der Waals surface area contributed by atoms with E-state index in [1.165, 1.54) is 12.1 Å². The summed E-state index contributed by atoms with van der Waals surface area (Å²) in [6.07, 6.45) is 0.614. The molecule has 1 amide bonds. The Morgan fingerprint density at radius 1 is 0.941 bits per heavy atom. The van der Waals surface area contributed by atoms with Gasteiger partial charge < -0.3 is 10.0 Å². The van der Waals surface area contributed by atoms with Gasteiger partial charge in [-0.25, -0.2) is 8.42 Å². The Morgan fingerprint density at radius 3 is 2.21 bits per heavy atom. The minimum atomic E-state index is -4.12. The first-order valence-electron chi connectivity index (χ1n) is 10.7. The maximum absolute atomic E-state index is 13.2. The molecule has 0 spiro atoms. The molecule has 0 fully saturated rings. The van der Waals surface area contributed by atoms with Crippen molar-refractivity contribution >= 4 is 39.2 Å². The molecule has 1 aliphatic heterocycles. The van der Waals surface area contributed by atoms with Gasteiger partial charge in [-0.2, -0.15) is 4.31 Å². The number of sulfonamides is 1. The standard InChI is InChI=1S/C25H23ClN2O5S/c26-21-9-5-18(6-10-21)19-7-11-22(12-8-19)34(32,33)27(17-25(30)31)15-14-24(29)28-16-13-20-3-1-2-4-23(20)28/h1-12H,13-17H2,(H,30,31). The van der Waals surface area contributed by atoms with E-state index in [9.17, 15) is 23.1 Å². The number of aliphatic carboxylic acids is 1. The number of nitrogens with zero attached hydrogens (tertiary/aromatic N) is 2. The van der Waals surface area contributed by atoms with E-state index in [2.05, 4.69) is 0 Å². The van der Waals surface area contributed by atoms with Gasteiger partial charge in [0.05, 0.1) is 4.90 Å². The third-order valence-electron chi connectivity index (χ3n) is 5.74. The lowest BCUT2D eigenvalue weighted by Gasteiger charge is -2.22. The highest BCUT2D eigenvalue weighted by Gasteiger charge is 2.29. The molecule has 0 saturated heterocycles. The lowest BCUT2D eigenvalue weighted by atomic mass is 10.1. The van der Waals surface area contributed by atoms with Crippen LogP contribution in [0.3, 0.4) is 0 Å². The third-order valence-corrected chi connectivity index (χ3v) is 7.86. The molecular formula is C25H23ClN2O5S. The van der Waals surface area contributed by atoms with Gasteiger partial charge in [0.15, 0.2) is 0 Å². The highest BCUT2D eigenvalue weighted by molar-refractivity contribution is 7.89. The number of carboxylic acid groups (broad SMARTS) is 1. The normalized spacial score (nSPS) is 13.2. The van der Waals surface area contributed by atoms with E-state index < -0.39 is 22.5 Å². The van der Waals surface area contributed by atoms with Crippen molar-refractivity contribution in [3.8, 4) is 11.1 Å². The number of hydrogen-bond donors (Lipinski definition) is 1. The molecule has 1 heterocycles. The molecule has 0 aliphatic carbocycles. The number of hydrogen-bond acceptors (Lipinski definition) is 4. The first-order valence-corrected chi connectivity index (χ1v) is 12.5. The Kier molecular flexibility index (Phi) is 7.02. The summed E-state index contributed by atoms with van der Waals surface area (Å²) < 4.78 is 27.3. The Hall–Kier alpha value is -3.20. The number of benzene rings is 3. The topological polar surface area (TPSA) is 95.0 Å². The van der Waals surface area contributed by atoms with Crippen LogP contribution in [0.5, 0.6) is 0 Å². The van der Waals surface area contributed by atoms with E-state index in [0.29, 0.717) is 11.6 Å². The lowest BCUT2D eigenvalue weighted by Crippen LogP contribution is -2.39. The minimum Gasteiger partial charge on any atom is -0.480 e. The Labute approximate surface area is 203 Å². The van der Waals surface area contributed by atoms with E-state index in [1.54, 1.807) is 29.2 Å². The summed E-state index contributed by atoms with van der Waals surface area (Å²) in [5.74, 6) is -1.53. The summed E-state index contributed by atoms with van der Waals surface area (Å²) in [6, 6.07) is 20.9. The van der Waals surface area contributed by atoms with Crippen LogP contribution in [0.25, 0.3) is 11.1 Å². The molecule has 0 aromatic heterocycles. The van der Waals surface area contributed by atoms with Gasteiger partial charge in [-0.1, -0.05) is 54.1 Å². The molecule has 0 saturated carbocycles. The van der Waals surface area contributed by atoms with Gasteiger partial charge in [-0.05, 0) is 53.4 Å². The first-order chi connectivity index (χ1) is 16.3. The van der Waals surface area contributed by atoms with E-state index in [4.69, 9.17) is 11.6 Å². The van der Waals surface area contributed by atoms with Crippen LogP contribution in [0.15, 0.2) is 77.7 Å². The van der Waals surface area contributed by atoms with Gasteiger partial charge in [-0.15, -0.1) is 0 Å². The maximum Gasteiger partial charge on any atom is 0.318 e. The monoisotopic (exact) mass is 498 g/mol. The quantitative estimate of drug-likeness (QED) is 0.505. The molecule has 0 bridgehead atoms. The number of para-hydroxylation sites is 1. The SMILES string of the molecule is O=C(O)CN(CCC(=O)N1CCc2ccccc21)S(=O)(=O)c1ccc(-c2ccc(Cl)cc2)cc1. The average Bonchev–Trinajstić information content (AvgIpc) is 3.26. The number of carboxylic acids is 1. The van der Waals surface area contributed by atoms with Crippen molar-refractivity contribution in [3.05, 3.63) is 83.4 Å². The van der Waals surface area contributed by atoms with Gasteiger partial charge >= 0.3 is 5.97 Å². The molecule has 3 aromatic rings. The number of carbonyl (C=O) groups is 2. The fourth-order valence-corrected chi connectivity index (χ4v) is 5.51. The molecule has 34 heavy (non-hydrogen) atoms. The van der Waals surface area contributed by atoms with Crippen LogP contribution in [0.2, 0.25) is 5.02 Å². The molecule has 1 N–H and O–H groups in total. The van der Waals surface area contributed by atoms with E-state index >= 15 is 0 Å². The largest absolute Gasteiger partial charge is 0.480 e. The summed E-state index contributed by atoms with van der Waals surface area (Å²) in [5, 5.41) is 9.90. The van der Waals surface area contributed by atoms with Gasteiger partial charge in [0.1, 0.15) is 6.54 Å². The summed E-state index contributed by atoms with van der Waals surface area (Å²) >= 11 is 5.92. The summed E-state index contributed by atoms with van der Waals surface area (Å²) in [7, 11) is -4.12. The van der Waals surface area contributed by atoms with E-state index in [-0.39, 0.29) is 23.8 Å². The summed E-state index contributed by atoms with van der Waals surface area (Å²) in [6.45, 7) is -0.438. The van der Waals surface area contributed by atoms with Crippen molar-refractivity contribution < 1.29 is 23.1 Å². The minimum absolute atomic E-state index is 0.0366. The number of amides is 1. The number of fused-ring (bicyclic) bond motifs is 1. The molecule has 4 rings (SSSR count). The highest BCUT2D eigenvalue weighted by Crippen LogP contribution is 2.28. The Morgan fingerprint density at radius 2 is 1.56 bits per heavy atom. The van der Waals surface area contributed by atoms with Crippen LogP contribution >= 0.6 is 11.6 Å². The number of carbonyl (C=O) groups excluding carboxylic acids is 1. The van der Waals surface area contributed by atoms with Crippen molar-refractivity contribution in [1.82, 2.24) is 4.31 Å². The van der Waals surface area contributed by atoms with Crippen molar-refractivity contribution in [3.63, 3.8) is 0 Å². The van der Waals surface area contributed by atoms with Crippen LogP contribution in [0.4, 0.5) is 5.69 Å². The Bertz CT molecular complexity index is 1310. The van der Waals surface area contributed by atoms with Crippen molar-refractivity contribution in [1.29, 1.82) is 0 Å². The fraction of sp³-hybridized carbons (Fsp3) is 0.200. The summed E-state index contributed by atoms with van der Waals surface area (Å²) in [4.78, 5) is 25.8. The van der Waals surface area contributed by atoms with E-state index in [0.717, 1.165) is 33.1 Å². The summed E-state index contributed by atoms with van der Waals surface area (Å²) in [5.41, 5.74) is 3.54. The second kappa shape index (κ2) is 9.97. The Balaban J connectivity index is 1.50. The zero-order valence-corrected chi connectivity index (χ0v) is 19.8. The molecule has 3 aromatic carbocycles. The predicted molar refractivity (Wildman–Crippen MR) is 130 cm³/mol. The number of halogens is 1. The van der Waals surface area contributed by atoms with Crippen LogP contribution < -0.4 is 4.90 Å². The number of rotatable bonds is 8. The lowest BCUT2D eigenvalue weighted by molar-refractivity contribution is -0.137. The van der Waals surface area contributed by atoms with Crippen LogP contribution in [0.1, 0.15) is 12.0 Å². The van der Waals surface area contributed by atoms with Gasteiger partial charge in [0.2, 0.25) is 15.9 Å². The van der Waals surface area contributed by atoms with Crippen LogP contribution in [0, 0.1) is 0 Å². The molecule has 176 valence electrons. The van der Waals surface area contributed by atoms with Crippen LogP contribution in [-0.2, 0) is 26.0 Å². The van der Waals surface area contributed by atoms with E-state index in [1.807, 2.05) is 36.4 Å². The predicted octanol–water partition coefficient (Wildman–Crippen LogP) is 4.06. The molecule has 0 atom stereocenters. The average molecular weight is 499 g/mol. The van der Waals surface area contributed by atoms with Gasteiger partial charge in [0.25, 0.3) is 0 Å². The number of anilines is 1. The molecular weight excluding hydrogens is 476 g/mol. The second-order valence-electron chi connectivity index (χ2n) is 7.94. The first kappa shape index (κ1) is 23.9. The smallest absolute Gasteiger partial charge is 0.318 e. The van der Waals surface area contributed by atoms with Gasteiger partial charge in [-0.3, -0.25) is 9.59 Å². The zero-order chi connectivity index (χ0) is 24.3. The molecule has 1 aliphatic rings.